The molecule has 0 aliphatic heterocycles. The predicted molar refractivity (Wildman–Crippen MR) is 45.7 cm³/mol. The number of hydrogen-bond acceptors (Lipinski definition) is 4. The van der Waals surface area contributed by atoms with E-state index in [2.05, 4.69) is 0 Å². The summed E-state index contributed by atoms with van der Waals surface area (Å²) in [5.74, 6) is -1.42. The Hall–Kier alpha value is -0.660. The molecule has 2 atom stereocenters. The van der Waals surface area contributed by atoms with Crippen molar-refractivity contribution in [3.63, 3.8) is 0 Å². The molecule has 0 aromatic rings. The zero-order valence-electron chi connectivity index (χ0n) is 7.39. The Balaban J connectivity index is 4.33. The molecule has 0 amide bonds. The average Bonchev–Trinajstić information content (AvgIpc) is 1.99. The summed E-state index contributed by atoms with van der Waals surface area (Å²) in [5.41, 5.74) is 0. The molecule has 0 heterocycles. The average molecular weight is 211 g/mol. The van der Waals surface area contributed by atoms with Gasteiger partial charge >= 0.3 is 5.97 Å². The molecule has 0 bridgehead atoms. The number of hydrogen-bond donors (Lipinski definition) is 3. The molecule has 0 radical (unpaired) electrons. The van der Waals surface area contributed by atoms with Crippen LogP contribution in [0.1, 0.15) is 13.8 Å². The van der Waals surface area contributed by atoms with Crippen molar-refractivity contribution >= 4 is 16.0 Å². The second-order valence-corrected chi connectivity index (χ2v) is 4.81. The van der Waals surface area contributed by atoms with Crippen molar-refractivity contribution in [2.75, 3.05) is 6.54 Å². The van der Waals surface area contributed by atoms with Crippen LogP contribution >= 0.6 is 0 Å². The van der Waals surface area contributed by atoms with Gasteiger partial charge in [-0.15, -0.1) is 0 Å². The smallest absolute Gasteiger partial charge is 0.323 e. The molecule has 0 aliphatic carbocycles. The third kappa shape index (κ3) is 4.20. The summed E-state index contributed by atoms with van der Waals surface area (Å²) in [5, 5.41) is 15.7. The van der Waals surface area contributed by atoms with Gasteiger partial charge in [0.25, 0.3) is 0 Å². The maximum Gasteiger partial charge on any atom is 0.323 e. The van der Waals surface area contributed by atoms with Crippen molar-refractivity contribution in [3.05, 3.63) is 0 Å². The highest BCUT2D eigenvalue weighted by molar-refractivity contribution is 7.90. The quantitative estimate of drug-likeness (QED) is 0.527. The normalized spacial score (nSPS) is 16.5. The van der Waals surface area contributed by atoms with Gasteiger partial charge in [0, 0.05) is 6.54 Å². The van der Waals surface area contributed by atoms with Crippen molar-refractivity contribution in [1.29, 1.82) is 0 Å². The number of nitrogens with one attached hydrogen (secondary N) is 1. The maximum atomic E-state index is 11.1. The van der Waals surface area contributed by atoms with Crippen LogP contribution in [0.4, 0.5) is 0 Å². The maximum absolute atomic E-state index is 11.1. The van der Waals surface area contributed by atoms with E-state index in [1.54, 1.807) is 0 Å². The third-order valence-electron chi connectivity index (χ3n) is 1.39. The van der Waals surface area contributed by atoms with Crippen molar-refractivity contribution < 1.29 is 23.4 Å². The number of aliphatic carboxylic acids is 1. The van der Waals surface area contributed by atoms with Crippen LogP contribution in [0.3, 0.4) is 0 Å². The van der Waals surface area contributed by atoms with E-state index in [9.17, 15) is 13.2 Å². The molecule has 6 nitrogen and oxygen atoms in total. The van der Waals surface area contributed by atoms with E-state index in [-0.39, 0.29) is 6.54 Å². The van der Waals surface area contributed by atoms with Gasteiger partial charge < -0.3 is 10.2 Å². The summed E-state index contributed by atoms with van der Waals surface area (Å²) >= 11 is 0. The second-order valence-electron chi connectivity index (χ2n) is 2.72. The molecule has 0 aliphatic rings. The Morgan fingerprint density at radius 3 is 2.23 bits per heavy atom. The lowest BCUT2D eigenvalue weighted by Gasteiger charge is -2.10. The first kappa shape index (κ1) is 12.3. The van der Waals surface area contributed by atoms with Crippen LogP contribution < -0.4 is 4.72 Å². The molecular formula is C6H13NO5S. The van der Waals surface area contributed by atoms with Gasteiger partial charge in [-0.25, -0.2) is 13.1 Å². The Kier molecular flexibility index (Phi) is 4.31. The lowest BCUT2D eigenvalue weighted by molar-refractivity contribution is -0.136. The first-order chi connectivity index (χ1) is 5.77. The highest BCUT2D eigenvalue weighted by Crippen LogP contribution is 1.97. The van der Waals surface area contributed by atoms with E-state index in [4.69, 9.17) is 10.2 Å². The van der Waals surface area contributed by atoms with E-state index in [1.165, 1.54) is 6.92 Å². The molecule has 0 rings (SSSR count). The molecule has 0 saturated heterocycles. The minimum atomic E-state index is -3.86. The van der Waals surface area contributed by atoms with Crippen molar-refractivity contribution in [2.45, 2.75) is 25.2 Å². The van der Waals surface area contributed by atoms with Crippen LogP contribution in [0.15, 0.2) is 0 Å². The van der Waals surface area contributed by atoms with Crippen LogP contribution in [-0.2, 0) is 14.8 Å². The van der Waals surface area contributed by atoms with Gasteiger partial charge in [-0.05, 0) is 13.8 Å². The van der Waals surface area contributed by atoms with Gasteiger partial charge in [0.15, 0.2) is 5.25 Å². The molecule has 0 aromatic carbocycles. The van der Waals surface area contributed by atoms with Gasteiger partial charge in [-0.2, -0.15) is 0 Å². The number of carboxylic acids is 1. The van der Waals surface area contributed by atoms with Gasteiger partial charge in [-0.1, -0.05) is 0 Å². The topological polar surface area (TPSA) is 104 Å². The minimum Gasteiger partial charge on any atom is -0.480 e. The molecule has 78 valence electrons. The predicted octanol–water partition coefficient (Wildman–Crippen LogP) is -1.24. The Morgan fingerprint density at radius 1 is 1.46 bits per heavy atom. The van der Waals surface area contributed by atoms with E-state index in [0.29, 0.717) is 0 Å². The largest absolute Gasteiger partial charge is 0.480 e. The summed E-state index contributed by atoms with van der Waals surface area (Å²) < 4.78 is 24.1. The lowest BCUT2D eigenvalue weighted by atomic mass is 10.4. The molecular weight excluding hydrogens is 198 g/mol. The fourth-order valence-corrected chi connectivity index (χ4v) is 1.48. The van der Waals surface area contributed by atoms with Gasteiger partial charge in [0.05, 0.1) is 6.10 Å². The molecule has 0 fully saturated rings. The summed E-state index contributed by atoms with van der Waals surface area (Å²) in [6.07, 6.45) is -0.837. The fourth-order valence-electron chi connectivity index (χ4n) is 0.494. The fraction of sp³-hybridized carbons (Fsp3) is 0.833. The van der Waals surface area contributed by atoms with Crippen molar-refractivity contribution in [1.82, 2.24) is 4.72 Å². The molecule has 13 heavy (non-hydrogen) atoms. The van der Waals surface area contributed by atoms with Crippen LogP contribution in [-0.4, -0.2) is 42.5 Å². The van der Waals surface area contributed by atoms with Crippen molar-refractivity contribution in [3.8, 4) is 0 Å². The summed E-state index contributed by atoms with van der Waals surface area (Å²) in [6, 6.07) is 0. The number of carbonyl (C=O) groups is 1. The van der Waals surface area contributed by atoms with Gasteiger partial charge in [-0.3, -0.25) is 4.79 Å². The van der Waals surface area contributed by atoms with Crippen LogP contribution in [0, 0.1) is 0 Å². The molecule has 1 unspecified atom stereocenters. The van der Waals surface area contributed by atoms with Gasteiger partial charge in [0.1, 0.15) is 0 Å². The van der Waals surface area contributed by atoms with Crippen molar-refractivity contribution in [2.24, 2.45) is 0 Å². The Morgan fingerprint density at radius 2 is 1.92 bits per heavy atom. The lowest BCUT2D eigenvalue weighted by Crippen LogP contribution is -2.40. The van der Waals surface area contributed by atoms with Crippen LogP contribution in [0.5, 0.6) is 0 Å². The van der Waals surface area contributed by atoms with E-state index in [1.807, 2.05) is 4.72 Å². The number of aliphatic hydroxyl groups excluding tert-OH is 1. The third-order valence-corrected chi connectivity index (χ3v) is 3.09. The van der Waals surface area contributed by atoms with Crippen LogP contribution in [0.2, 0.25) is 0 Å². The monoisotopic (exact) mass is 211 g/mol. The molecule has 0 saturated carbocycles. The SMILES string of the molecule is CC(C(=O)O)S(=O)(=O)NC[C@H](C)O. The summed E-state index contributed by atoms with van der Waals surface area (Å²) in [4.78, 5) is 10.3. The van der Waals surface area contributed by atoms with E-state index in [0.717, 1.165) is 6.92 Å². The second kappa shape index (κ2) is 4.54. The number of carboxylic acid groups (broad SMARTS) is 1. The zero-order chi connectivity index (χ0) is 10.6. The first-order valence-corrected chi connectivity index (χ1v) is 5.21. The number of sulfonamides is 1. The van der Waals surface area contributed by atoms with E-state index < -0.39 is 27.3 Å². The minimum absolute atomic E-state index is 0.181. The van der Waals surface area contributed by atoms with Crippen LogP contribution in [0.25, 0.3) is 0 Å². The molecule has 0 aromatic heterocycles. The zero-order valence-corrected chi connectivity index (χ0v) is 8.21. The highest BCUT2D eigenvalue weighted by atomic mass is 32.2. The molecule has 3 N–H and O–H groups in total. The summed E-state index contributed by atoms with van der Waals surface area (Å²) in [7, 11) is -3.86. The molecule has 7 heteroatoms. The highest BCUT2D eigenvalue weighted by Gasteiger charge is 2.27. The Labute approximate surface area is 76.6 Å². The molecule has 0 spiro atoms. The van der Waals surface area contributed by atoms with Gasteiger partial charge in [0.2, 0.25) is 10.0 Å². The standard InChI is InChI=1S/C6H13NO5S/c1-4(8)3-7-13(11,12)5(2)6(9)10/h4-5,7-8H,3H2,1-2H3,(H,9,10)/t4-,5?/m0/s1. The summed E-state index contributed by atoms with van der Waals surface area (Å²) in [6.45, 7) is 2.28. The number of rotatable bonds is 5. The number of aliphatic hydroxyl groups is 1. The first-order valence-electron chi connectivity index (χ1n) is 3.66. The van der Waals surface area contributed by atoms with E-state index >= 15 is 0 Å². The Bertz CT molecular complexity index is 271.